The van der Waals surface area contributed by atoms with E-state index in [1.807, 2.05) is 58.3 Å². The number of amides is 3. The standard InChI is InChI=1S/C26H34N6O3S2/c1-16(2)22-21(30-25(37-22)28-17(3)33)24(35)31-26-29-20(23(34)27-14-9-15-32(4)5)19(36-26)13-12-18-10-7-6-8-11-18/h6-8,10-11,16H,9,12-15H2,1-5H3,(H,27,34)(H,28,30,33)(H,29,31,35). The highest BCUT2D eigenvalue weighted by Crippen LogP contribution is 2.31. The maximum atomic E-state index is 13.2. The van der Waals surface area contributed by atoms with Crippen molar-refractivity contribution in [2.24, 2.45) is 0 Å². The lowest BCUT2D eigenvalue weighted by Gasteiger charge is -2.09. The summed E-state index contributed by atoms with van der Waals surface area (Å²) in [5.41, 5.74) is 1.75. The van der Waals surface area contributed by atoms with Crippen molar-refractivity contribution in [1.29, 1.82) is 0 Å². The number of hydrogen-bond donors (Lipinski definition) is 3. The number of hydrogen-bond acceptors (Lipinski definition) is 8. The third kappa shape index (κ3) is 8.44. The Labute approximate surface area is 225 Å². The van der Waals surface area contributed by atoms with Crippen LogP contribution in [0.4, 0.5) is 10.3 Å². The maximum absolute atomic E-state index is 13.2. The molecule has 0 unspecified atom stereocenters. The number of carbonyl (C=O) groups is 3. The van der Waals surface area contributed by atoms with Crippen LogP contribution in [-0.2, 0) is 17.6 Å². The number of aromatic nitrogens is 2. The van der Waals surface area contributed by atoms with Crippen LogP contribution in [0.15, 0.2) is 30.3 Å². The summed E-state index contributed by atoms with van der Waals surface area (Å²) in [6.07, 6.45) is 2.20. The molecule has 3 rings (SSSR count). The number of benzene rings is 1. The first-order valence-corrected chi connectivity index (χ1v) is 13.8. The fraction of sp³-hybridized carbons (Fsp3) is 0.423. The number of thiazole rings is 2. The highest BCUT2D eigenvalue weighted by atomic mass is 32.1. The van der Waals surface area contributed by atoms with E-state index < -0.39 is 5.91 Å². The van der Waals surface area contributed by atoms with Gasteiger partial charge in [-0.25, -0.2) is 9.97 Å². The van der Waals surface area contributed by atoms with Crippen molar-refractivity contribution in [3.8, 4) is 0 Å². The molecule has 0 saturated heterocycles. The molecule has 11 heteroatoms. The molecular formula is C26H34N6O3S2. The quantitative estimate of drug-likeness (QED) is 0.292. The van der Waals surface area contributed by atoms with Gasteiger partial charge in [0.1, 0.15) is 11.4 Å². The van der Waals surface area contributed by atoms with Crippen molar-refractivity contribution in [1.82, 2.24) is 20.2 Å². The highest BCUT2D eigenvalue weighted by Gasteiger charge is 2.24. The molecule has 2 heterocycles. The number of carbonyl (C=O) groups excluding carboxylic acids is 3. The van der Waals surface area contributed by atoms with Gasteiger partial charge in [0.25, 0.3) is 11.8 Å². The Morgan fingerprint density at radius 1 is 0.919 bits per heavy atom. The summed E-state index contributed by atoms with van der Waals surface area (Å²) in [5.74, 6) is -0.872. The van der Waals surface area contributed by atoms with Crippen molar-refractivity contribution in [2.75, 3.05) is 37.8 Å². The molecule has 2 aromatic heterocycles. The first-order valence-electron chi connectivity index (χ1n) is 12.2. The van der Waals surface area contributed by atoms with Gasteiger partial charge in [0.15, 0.2) is 10.3 Å². The topological polar surface area (TPSA) is 116 Å². The molecule has 0 aliphatic heterocycles. The van der Waals surface area contributed by atoms with E-state index in [9.17, 15) is 14.4 Å². The highest BCUT2D eigenvalue weighted by molar-refractivity contribution is 7.16. The van der Waals surface area contributed by atoms with E-state index in [1.54, 1.807) is 0 Å². The van der Waals surface area contributed by atoms with Crippen molar-refractivity contribution < 1.29 is 14.4 Å². The average molecular weight is 543 g/mol. The maximum Gasteiger partial charge on any atom is 0.277 e. The lowest BCUT2D eigenvalue weighted by Crippen LogP contribution is -2.28. The molecule has 0 atom stereocenters. The summed E-state index contributed by atoms with van der Waals surface area (Å²) >= 11 is 2.58. The van der Waals surface area contributed by atoms with Gasteiger partial charge >= 0.3 is 0 Å². The zero-order valence-electron chi connectivity index (χ0n) is 21.9. The van der Waals surface area contributed by atoms with Crippen molar-refractivity contribution in [3.63, 3.8) is 0 Å². The van der Waals surface area contributed by atoms with E-state index in [-0.39, 0.29) is 23.4 Å². The fourth-order valence-corrected chi connectivity index (χ4v) is 5.55. The molecule has 3 aromatic rings. The van der Waals surface area contributed by atoms with Gasteiger partial charge in [-0.05, 0) is 51.4 Å². The molecule has 0 aliphatic carbocycles. The number of aryl methyl sites for hydroxylation is 2. The Morgan fingerprint density at radius 2 is 1.59 bits per heavy atom. The van der Waals surface area contributed by atoms with E-state index in [1.165, 1.54) is 29.6 Å². The summed E-state index contributed by atoms with van der Waals surface area (Å²) in [6, 6.07) is 10.0. The molecule has 198 valence electrons. The summed E-state index contributed by atoms with van der Waals surface area (Å²) in [7, 11) is 3.98. The van der Waals surface area contributed by atoms with Crippen LogP contribution >= 0.6 is 22.7 Å². The molecule has 9 nitrogen and oxygen atoms in total. The lowest BCUT2D eigenvalue weighted by molar-refractivity contribution is -0.114. The minimum atomic E-state index is -0.419. The second kappa shape index (κ2) is 13.4. The SMILES string of the molecule is CC(=O)Nc1nc(C(=O)Nc2nc(C(=O)NCCCN(C)C)c(CCc3ccccc3)s2)c(C(C)C)s1. The molecule has 0 aliphatic rings. The Kier molecular flexibility index (Phi) is 10.3. The summed E-state index contributed by atoms with van der Waals surface area (Å²) in [4.78, 5) is 50.1. The van der Waals surface area contributed by atoms with Crippen LogP contribution in [0.2, 0.25) is 0 Å². The molecule has 37 heavy (non-hydrogen) atoms. The normalized spacial score (nSPS) is 11.1. The van der Waals surface area contributed by atoms with Gasteiger partial charge in [0.2, 0.25) is 5.91 Å². The predicted octanol–water partition coefficient (Wildman–Crippen LogP) is 4.40. The Hall–Kier alpha value is -3.15. The van der Waals surface area contributed by atoms with Crippen LogP contribution in [0.5, 0.6) is 0 Å². The van der Waals surface area contributed by atoms with Gasteiger partial charge in [0.05, 0.1) is 0 Å². The number of rotatable bonds is 12. The van der Waals surface area contributed by atoms with Crippen LogP contribution in [0.25, 0.3) is 0 Å². The van der Waals surface area contributed by atoms with Gasteiger partial charge in [-0.1, -0.05) is 44.2 Å². The second-order valence-corrected chi connectivity index (χ2v) is 11.3. The van der Waals surface area contributed by atoms with E-state index in [0.29, 0.717) is 28.9 Å². The third-order valence-electron chi connectivity index (χ3n) is 5.36. The van der Waals surface area contributed by atoms with Gasteiger partial charge < -0.3 is 15.5 Å². The van der Waals surface area contributed by atoms with Gasteiger partial charge in [-0.15, -0.1) is 22.7 Å². The summed E-state index contributed by atoms with van der Waals surface area (Å²) < 4.78 is 0. The monoisotopic (exact) mass is 542 g/mol. The first-order chi connectivity index (χ1) is 17.6. The van der Waals surface area contributed by atoms with E-state index in [0.717, 1.165) is 34.7 Å². The molecular weight excluding hydrogens is 508 g/mol. The Balaban J connectivity index is 1.80. The van der Waals surface area contributed by atoms with Crippen molar-refractivity contribution in [3.05, 3.63) is 57.0 Å². The molecule has 0 radical (unpaired) electrons. The average Bonchev–Trinajstić information content (AvgIpc) is 3.45. The second-order valence-electron chi connectivity index (χ2n) is 9.21. The van der Waals surface area contributed by atoms with Crippen LogP contribution < -0.4 is 16.0 Å². The minimum absolute atomic E-state index is 0.0435. The van der Waals surface area contributed by atoms with Crippen LogP contribution in [0.3, 0.4) is 0 Å². The first kappa shape index (κ1) is 28.4. The van der Waals surface area contributed by atoms with E-state index in [2.05, 4.69) is 30.8 Å². The summed E-state index contributed by atoms with van der Waals surface area (Å²) in [5, 5.41) is 9.15. The zero-order valence-corrected chi connectivity index (χ0v) is 23.5. The van der Waals surface area contributed by atoms with Gasteiger partial charge in [0, 0.05) is 23.2 Å². The molecule has 3 amide bonds. The van der Waals surface area contributed by atoms with Gasteiger partial charge in [-0.3, -0.25) is 19.7 Å². The predicted molar refractivity (Wildman–Crippen MR) is 150 cm³/mol. The van der Waals surface area contributed by atoms with Crippen molar-refractivity contribution >= 4 is 50.7 Å². The molecule has 1 aromatic carbocycles. The Morgan fingerprint density at radius 3 is 2.24 bits per heavy atom. The van der Waals surface area contributed by atoms with Crippen LogP contribution in [0.1, 0.15) is 69.4 Å². The molecule has 0 saturated carbocycles. The van der Waals surface area contributed by atoms with Gasteiger partial charge in [-0.2, -0.15) is 0 Å². The van der Waals surface area contributed by atoms with E-state index >= 15 is 0 Å². The molecule has 3 N–H and O–H groups in total. The smallest absolute Gasteiger partial charge is 0.277 e. The third-order valence-corrected chi connectivity index (χ3v) is 7.66. The van der Waals surface area contributed by atoms with Crippen molar-refractivity contribution in [2.45, 2.75) is 46.0 Å². The largest absolute Gasteiger partial charge is 0.351 e. The molecule has 0 bridgehead atoms. The van der Waals surface area contributed by atoms with Crippen LogP contribution in [-0.4, -0.2) is 59.8 Å². The Bertz CT molecular complexity index is 1220. The fourth-order valence-electron chi connectivity index (χ4n) is 3.58. The number of anilines is 2. The molecule has 0 spiro atoms. The summed E-state index contributed by atoms with van der Waals surface area (Å²) in [6.45, 7) is 6.73. The zero-order chi connectivity index (χ0) is 26.9. The lowest BCUT2D eigenvalue weighted by atomic mass is 10.1. The minimum Gasteiger partial charge on any atom is -0.351 e. The van der Waals surface area contributed by atoms with E-state index in [4.69, 9.17) is 0 Å². The van der Waals surface area contributed by atoms with Crippen LogP contribution in [0, 0.1) is 0 Å². The molecule has 0 fully saturated rings. The number of nitrogens with one attached hydrogen (secondary N) is 3. The number of nitrogens with zero attached hydrogens (tertiary/aromatic N) is 3.